The molecule has 1 aromatic carbocycles. The Bertz CT molecular complexity index is 583. The van der Waals surface area contributed by atoms with E-state index in [0.29, 0.717) is 13.0 Å². The Kier molecular flexibility index (Phi) is 4.95. The van der Waals surface area contributed by atoms with Gasteiger partial charge in [0, 0.05) is 18.3 Å². The number of aryl methyl sites for hydroxylation is 1. The van der Waals surface area contributed by atoms with E-state index in [-0.39, 0.29) is 6.42 Å². The fourth-order valence-corrected chi connectivity index (χ4v) is 2.44. The van der Waals surface area contributed by atoms with Gasteiger partial charge in [-0.3, -0.25) is 4.79 Å². The Balaban J connectivity index is 1.88. The zero-order valence-corrected chi connectivity index (χ0v) is 11.9. The summed E-state index contributed by atoms with van der Waals surface area (Å²) in [6.07, 6.45) is 0.575. The molecule has 5 nitrogen and oxygen atoms in total. The lowest BCUT2D eigenvalue weighted by atomic mass is 10.2. The smallest absolute Gasteiger partial charge is 0.303 e. The van der Waals surface area contributed by atoms with Gasteiger partial charge in [-0.15, -0.1) is 11.3 Å². The van der Waals surface area contributed by atoms with E-state index in [1.54, 1.807) is 7.11 Å². The lowest BCUT2D eigenvalue weighted by molar-refractivity contribution is -0.136. The first-order chi connectivity index (χ1) is 9.67. The number of anilines is 1. The van der Waals surface area contributed by atoms with Crippen LogP contribution in [0, 0.1) is 0 Å². The molecule has 0 fully saturated rings. The Morgan fingerprint density at radius 2 is 2.35 bits per heavy atom. The molecule has 2 rings (SSSR count). The molecule has 0 bridgehead atoms. The minimum absolute atomic E-state index is 0.110. The van der Waals surface area contributed by atoms with Gasteiger partial charge in [0.15, 0.2) is 5.13 Å². The van der Waals surface area contributed by atoms with Crippen molar-refractivity contribution in [2.75, 3.05) is 12.4 Å². The normalized spacial score (nSPS) is 10.2. The molecule has 0 aliphatic heterocycles. The Labute approximate surface area is 121 Å². The topological polar surface area (TPSA) is 71.5 Å². The second-order valence-corrected chi connectivity index (χ2v) is 5.10. The lowest BCUT2D eigenvalue weighted by Gasteiger charge is -2.05. The second kappa shape index (κ2) is 6.91. The molecule has 1 aromatic heterocycles. The third-order valence-electron chi connectivity index (χ3n) is 2.72. The van der Waals surface area contributed by atoms with Crippen LogP contribution in [0.1, 0.15) is 17.7 Å². The predicted molar refractivity (Wildman–Crippen MR) is 78.4 cm³/mol. The van der Waals surface area contributed by atoms with Crippen molar-refractivity contribution in [2.45, 2.75) is 19.4 Å². The number of nitrogens with zero attached hydrogens (tertiary/aromatic N) is 1. The minimum Gasteiger partial charge on any atom is -0.497 e. The average Bonchev–Trinajstić information content (AvgIpc) is 2.91. The molecule has 6 heteroatoms. The molecule has 20 heavy (non-hydrogen) atoms. The third-order valence-corrected chi connectivity index (χ3v) is 3.57. The van der Waals surface area contributed by atoms with Crippen molar-refractivity contribution < 1.29 is 14.6 Å². The molecule has 0 aliphatic rings. The van der Waals surface area contributed by atoms with Crippen LogP contribution in [0.5, 0.6) is 5.75 Å². The van der Waals surface area contributed by atoms with Crippen molar-refractivity contribution in [1.29, 1.82) is 0 Å². The first-order valence-electron chi connectivity index (χ1n) is 6.20. The number of aliphatic carboxylic acids is 1. The molecule has 2 N–H and O–H groups in total. The van der Waals surface area contributed by atoms with Gasteiger partial charge in [-0.05, 0) is 17.7 Å². The Morgan fingerprint density at radius 1 is 1.50 bits per heavy atom. The fraction of sp³-hybridized carbons (Fsp3) is 0.286. The van der Waals surface area contributed by atoms with Crippen LogP contribution in [0.2, 0.25) is 0 Å². The number of carboxylic acid groups (broad SMARTS) is 1. The highest BCUT2D eigenvalue weighted by Crippen LogP contribution is 2.19. The van der Waals surface area contributed by atoms with E-state index in [2.05, 4.69) is 10.3 Å². The van der Waals surface area contributed by atoms with Gasteiger partial charge in [0.2, 0.25) is 0 Å². The van der Waals surface area contributed by atoms with Crippen LogP contribution in [0.25, 0.3) is 0 Å². The zero-order valence-electron chi connectivity index (χ0n) is 11.1. The highest BCUT2D eigenvalue weighted by Gasteiger charge is 2.04. The molecule has 0 amide bonds. The van der Waals surface area contributed by atoms with Crippen LogP contribution in [0.15, 0.2) is 29.6 Å². The molecule has 106 valence electrons. The molecule has 0 radical (unpaired) electrons. The maximum Gasteiger partial charge on any atom is 0.303 e. The van der Waals surface area contributed by atoms with Crippen LogP contribution < -0.4 is 10.1 Å². The minimum atomic E-state index is -0.802. The number of methoxy groups -OCH3 is 1. The lowest BCUT2D eigenvalue weighted by Crippen LogP contribution is -2.00. The van der Waals surface area contributed by atoms with Gasteiger partial charge in [-0.2, -0.15) is 0 Å². The molecule has 0 atom stereocenters. The molecule has 0 saturated carbocycles. The van der Waals surface area contributed by atoms with Crippen molar-refractivity contribution in [3.8, 4) is 5.75 Å². The fourth-order valence-electron chi connectivity index (χ4n) is 1.70. The number of hydrogen-bond donors (Lipinski definition) is 2. The van der Waals surface area contributed by atoms with Gasteiger partial charge in [-0.25, -0.2) is 4.98 Å². The van der Waals surface area contributed by atoms with E-state index in [1.165, 1.54) is 11.3 Å². The molecule has 0 spiro atoms. The van der Waals surface area contributed by atoms with Gasteiger partial charge in [0.05, 0.1) is 19.2 Å². The van der Waals surface area contributed by atoms with E-state index >= 15 is 0 Å². The maximum atomic E-state index is 10.5. The largest absolute Gasteiger partial charge is 0.497 e. The number of nitrogens with one attached hydrogen (secondary N) is 1. The third kappa shape index (κ3) is 4.24. The van der Waals surface area contributed by atoms with E-state index in [4.69, 9.17) is 9.84 Å². The summed E-state index contributed by atoms with van der Waals surface area (Å²) in [5.41, 5.74) is 1.91. The van der Waals surface area contributed by atoms with E-state index in [0.717, 1.165) is 22.1 Å². The van der Waals surface area contributed by atoms with E-state index in [9.17, 15) is 4.79 Å². The van der Waals surface area contributed by atoms with Crippen LogP contribution in [-0.2, 0) is 17.8 Å². The van der Waals surface area contributed by atoms with E-state index in [1.807, 2.05) is 29.6 Å². The van der Waals surface area contributed by atoms with Crippen molar-refractivity contribution in [3.63, 3.8) is 0 Å². The summed E-state index contributed by atoms with van der Waals surface area (Å²) in [6.45, 7) is 0.656. The number of hydrogen-bond acceptors (Lipinski definition) is 5. The van der Waals surface area contributed by atoms with Gasteiger partial charge < -0.3 is 15.2 Å². The van der Waals surface area contributed by atoms with Crippen molar-refractivity contribution in [2.24, 2.45) is 0 Å². The molecule has 0 aliphatic carbocycles. The monoisotopic (exact) mass is 292 g/mol. The number of rotatable bonds is 7. The Morgan fingerprint density at radius 3 is 3.10 bits per heavy atom. The summed E-state index contributed by atoms with van der Waals surface area (Å²) in [7, 11) is 1.64. The summed E-state index contributed by atoms with van der Waals surface area (Å²) in [4.78, 5) is 14.9. The average molecular weight is 292 g/mol. The van der Waals surface area contributed by atoms with Gasteiger partial charge >= 0.3 is 5.97 Å². The summed E-state index contributed by atoms with van der Waals surface area (Å²) in [5.74, 6) is 0.0227. The quantitative estimate of drug-likeness (QED) is 0.821. The number of carboxylic acids is 1. The van der Waals surface area contributed by atoms with Crippen molar-refractivity contribution in [1.82, 2.24) is 4.98 Å². The number of benzene rings is 1. The van der Waals surface area contributed by atoms with Crippen molar-refractivity contribution in [3.05, 3.63) is 40.9 Å². The summed E-state index contributed by atoms with van der Waals surface area (Å²) in [5, 5.41) is 14.5. The summed E-state index contributed by atoms with van der Waals surface area (Å²) >= 11 is 1.48. The Hall–Kier alpha value is -2.08. The highest BCUT2D eigenvalue weighted by molar-refractivity contribution is 7.13. The van der Waals surface area contributed by atoms with Crippen LogP contribution in [0.3, 0.4) is 0 Å². The predicted octanol–water partition coefficient (Wildman–Crippen LogP) is 2.78. The molecule has 1 heterocycles. The molecule has 0 unspecified atom stereocenters. The van der Waals surface area contributed by atoms with E-state index < -0.39 is 5.97 Å². The van der Waals surface area contributed by atoms with Gasteiger partial charge in [0.25, 0.3) is 0 Å². The molecular formula is C14H16N2O3S. The molecule has 2 aromatic rings. The standard InChI is InChI=1S/C14H16N2O3S/c1-19-12-4-2-3-10(7-12)8-15-14-16-11(9-20-14)5-6-13(17)18/h2-4,7,9H,5-6,8H2,1H3,(H,15,16)(H,17,18). The second-order valence-electron chi connectivity index (χ2n) is 4.24. The number of ether oxygens (including phenoxy) is 1. The number of thiazole rings is 1. The first kappa shape index (κ1) is 14.3. The SMILES string of the molecule is COc1cccc(CNc2nc(CCC(=O)O)cs2)c1. The first-order valence-corrected chi connectivity index (χ1v) is 7.08. The van der Waals surface area contributed by atoms with Crippen molar-refractivity contribution >= 4 is 22.4 Å². The molecule has 0 saturated heterocycles. The van der Waals surface area contributed by atoms with Gasteiger partial charge in [-0.1, -0.05) is 12.1 Å². The van der Waals surface area contributed by atoms with Crippen LogP contribution >= 0.6 is 11.3 Å². The summed E-state index contributed by atoms with van der Waals surface area (Å²) in [6, 6.07) is 7.81. The number of aromatic nitrogens is 1. The molecular weight excluding hydrogens is 276 g/mol. The number of carbonyl (C=O) groups is 1. The van der Waals surface area contributed by atoms with Gasteiger partial charge in [0.1, 0.15) is 5.75 Å². The summed E-state index contributed by atoms with van der Waals surface area (Å²) < 4.78 is 5.17. The highest BCUT2D eigenvalue weighted by atomic mass is 32.1. The van der Waals surface area contributed by atoms with Crippen LogP contribution in [0.4, 0.5) is 5.13 Å². The zero-order chi connectivity index (χ0) is 14.4. The maximum absolute atomic E-state index is 10.5. The van der Waals surface area contributed by atoms with Crippen LogP contribution in [-0.4, -0.2) is 23.2 Å².